The molecule has 2 unspecified atom stereocenters. The molecule has 2 fully saturated rings. The zero-order valence-electron chi connectivity index (χ0n) is 20.4. The minimum Gasteiger partial charge on any atom is -0.497 e. The number of hydrogen-bond acceptors (Lipinski definition) is 8. The van der Waals surface area contributed by atoms with Crippen molar-refractivity contribution in [1.29, 1.82) is 0 Å². The maximum absolute atomic E-state index is 13.3. The van der Waals surface area contributed by atoms with E-state index in [4.69, 9.17) is 9.47 Å². The largest absolute Gasteiger partial charge is 0.497 e. The van der Waals surface area contributed by atoms with E-state index in [-0.39, 0.29) is 37.9 Å². The number of esters is 1. The molecule has 11 nitrogen and oxygen atoms in total. The van der Waals surface area contributed by atoms with Crippen molar-refractivity contribution in [3.05, 3.63) is 29.8 Å². The molecule has 2 saturated heterocycles. The van der Waals surface area contributed by atoms with Crippen molar-refractivity contribution >= 4 is 27.8 Å². The maximum Gasteiger partial charge on any atom is 0.328 e. The van der Waals surface area contributed by atoms with Crippen LogP contribution in [-0.2, 0) is 35.6 Å². The summed E-state index contributed by atoms with van der Waals surface area (Å²) in [6.45, 7) is 1.64. The number of nitrogens with one attached hydrogen (secondary N) is 2. The summed E-state index contributed by atoms with van der Waals surface area (Å²) in [5, 5.41) is 5.87. The summed E-state index contributed by atoms with van der Waals surface area (Å²) in [6.07, 6.45) is 2.58. The average Bonchev–Trinajstić information content (AvgIpc) is 2.87. The van der Waals surface area contributed by atoms with E-state index in [2.05, 4.69) is 10.6 Å². The van der Waals surface area contributed by atoms with Gasteiger partial charge in [0.15, 0.2) is 0 Å². The third kappa shape index (κ3) is 6.92. The topological polar surface area (TPSA) is 134 Å². The van der Waals surface area contributed by atoms with Gasteiger partial charge in [0.2, 0.25) is 21.8 Å². The Morgan fingerprint density at radius 3 is 2.34 bits per heavy atom. The quantitative estimate of drug-likeness (QED) is 0.442. The third-order valence-electron chi connectivity index (χ3n) is 6.46. The predicted octanol–water partition coefficient (Wildman–Crippen LogP) is -0.632. The number of hydrogen-bond donors (Lipinski definition) is 2. The Kier molecular flexibility index (Phi) is 9.09. The zero-order chi connectivity index (χ0) is 25.6. The molecule has 2 amide bonds. The maximum atomic E-state index is 13.3. The van der Waals surface area contributed by atoms with Gasteiger partial charge in [-0.05, 0) is 43.6 Å². The first kappa shape index (κ1) is 26.9. The van der Waals surface area contributed by atoms with Crippen LogP contribution >= 0.6 is 0 Å². The van der Waals surface area contributed by atoms with Gasteiger partial charge in [0, 0.05) is 32.0 Å². The van der Waals surface area contributed by atoms with Crippen LogP contribution in [0.25, 0.3) is 0 Å². The smallest absolute Gasteiger partial charge is 0.328 e. The van der Waals surface area contributed by atoms with Crippen LogP contribution in [0.1, 0.15) is 18.4 Å². The second-order valence-corrected chi connectivity index (χ2v) is 10.8. The second-order valence-electron chi connectivity index (χ2n) is 8.83. The van der Waals surface area contributed by atoms with E-state index in [1.807, 2.05) is 0 Å². The number of amides is 2. The van der Waals surface area contributed by atoms with Gasteiger partial charge in [-0.2, -0.15) is 4.31 Å². The van der Waals surface area contributed by atoms with E-state index in [9.17, 15) is 22.8 Å². The van der Waals surface area contributed by atoms with Crippen LogP contribution < -0.4 is 15.4 Å². The van der Waals surface area contributed by atoms with Gasteiger partial charge in [-0.25, -0.2) is 13.2 Å². The molecule has 1 aromatic carbocycles. The molecule has 0 aromatic heterocycles. The van der Waals surface area contributed by atoms with E-state index in [1.165, 1.54) is 7.11 Å². The standard InChI is InChI=1S/C23H34N4O7S/c1-33-18-6-4-16(5-7-18)14-19(23(30)34-2)25-21(28)20-15-26(12-13-27(20)35(3,31)32)22(29)17-8-10-24-11-9-17/h4-7,17,19-20,24H,8-15H2,1-3H3,(H,25,28). The highest BCUT2D eigenvalue weighted by molar-refractivity contribution is 7.88. The number of benzene rings is 1. The normalized spacial score (nSPS) is 20.7. The molecule has 2 aliphatic heterocycles. The minimum atomic E-state index is -3.73. The molecule has 2 aliphatic rings. The summed E-state index contributed by atoms with van der Waals surface area (Å²) in [6, 6.07) is 4.84. The lowest BCUT2D eigenvalue weighted by atomic mass is 9.96. The van der Waals surface area contributed by atoms with Crippen LogP contribution in [0.4, 0.5) is 0 Å². The SMILES string of the molecule is COC(=O)C(Cc1ccc(OC)cc1)NC(=O)C1CN(C(=O)C2CCNCC2)CCN1S(C)(=O)=O. The van der Waals surface area contributed by atoms with Crippen LogP contribution in [-0.4, -0.2) is 101 Å². The van der Waals surface area contributed by atoms with Crippen molar-refractivity contribution in [3.63, 3.8) is 0 Å². The Hall–Kier alpha value is -2.70. The zero-order valence-corrected chi connectivity index (χ0v) is 21.2. The highest BCUT2D eigenvalue weighted by Crippen LogP contribution is 2.21. The number of sulfonamides is 1. The molecule has 2 heterocycles. The third-order valence-corrected chi connectivity index (χ3v) is 7.75. The van der Waals surface area contributed by atoms with Gasteiger partial charge in [0.05, 0.1) is 20.5 Å². The number of carbonyl (C=O) groups is 3. The summed E-state index contributed by atoms with van der Waals surface area (Å²) < 4.78 is 36.0. The Morgan fingerprint density at radius 1 is 1.11 bits per heavy atom. The van der Waals surface area contributed by atoms with Gasteiger partial charge in [-0.15, -0.1) is 0 Å². The lowest BCUT2D eigenvalue weighted by Crippen LogP contribution is -2.63. The van der Waals surface area contributed by atoms with Crippen molar-refractivity contribution in [1.82, 2.24) is 19.8 Å². The van der Waals surface area contributed by atoms with Gasteiger partial charge in [-0.3, -0.25) is 9.59 Å². The van der Waals surface area contributed by atoms with E-state index in [1.54, 1.807) is 36.3 Å². The molecule has 2 N–H and O–H groups in total. The monoisotopic (exact) mass is 510 g/mol. The first-order valence-electron chi connectivity index (χ1n) is 11.6. The number of piperidine rings is 1. The molecular formula is C23H34N4O7S. The van der Waals surface area contributed by atoms with Crippen molar-refractivity contribution in [2.24, 2.45) is 5.92 Å². The highest BCUT2D eigenvalue weighted by atomic mass is 32.2. The fourth-order valence-electron chi connectivity index (χ4n) is 4.50. The number of methoxy groups -OCH3 is 2. The Labute approximate surface area is 206 Å². The number of carbonyl (C=O) groups excluding carboxylic acids is 3. The molecule has 0 radical (unpaired) electrons. The summed E-state index contributed by atoms with van der Waals surface area (Å²) in [5.41, 5.74) is 0.757. The van der Waals surface area contributed by atoms with Crippen LogP contribution in [0.3, 0.4) is 0 Å². The predicted molar refractivity (Wildman–Crippen MR) is 128 cm³/mol. The van der Waals surface area contributed by atoms with Gasteiger partial charge in [0.25, 0.3) is 0 Å². The molecule has 12 heteroatoms. The van der Waals surface area contributed by atoms with Crippen molar-refractivity contribution < 1.29 is 32.3 Å². The molecule has 0 aliphatic carbocycles. The van der Waals surface area contributed by atoms with Crippen molar-refractivity contribution in [2.45, 2.75) is 31.3 Å². The van der Waals surface area contributed by atoms with Crippen LogP contribution in [0.2, 0.25) is 0 Å². The van der Waals surface area contributed by atoms with Crippen molar-refractivity contribution in [2.75, 3.05) is 53.2 Å². The Balaban J connectivity index is 1.77. The Morgan fingerprint density at radius 2 is 1.77 bits per heavy atom. The van der Waals surface area contributed by atoms with Crippen LogP contribution in [0.15, 0.2) is 24.3 Å². The highest BCUT2D eigenvalue weighted by Gasteiger charge is 2.41. The number of ether oxygens (including phenoxy) is 2. The molecule has 1 aromatic rings. The molecule has 3 rings (SSSR count). The first-order chi connectivity index (χ1) is 16.6. The average molecular weight is 511 g/mol. The van der Waals surface area contributed by atoms with Crippen LogP contribution in [0.5, 0.6) is 5.75 Å². The summed E-state index contributed by atoms with van der Waals surface area (Å²) in [7, 11) is -0.962. The minimum absolute atomic E-state index is 0.00893. The van der Waals surface area contributed by atoms with Crippen LogP contribution in [0, 0.1) is 5.92 Å². The first-order valence-corrected chi connectivity index (χ1v) is 13.5. The van der Waals surface area contributed by atoms with E-state index >= 15 is 0 Å². The Bertz CT molecular complexity index is 1010. The van der Waals surface area contributed by atoms with E-state index < -0.39 is 34.0 Å². The lowest BCUT2D eigenvalue weighted by Gasteiger charge is -2.41. The summed E-state index contributed by atoms with van der Waals surface area (Å²) >= 11 is 0. The number of piperazine rings is 1. The van der Waals surface area contributed by atoms with Gasteiger partial charge < -0.3 is 25.0 Å². The van der Waals surface area contributed by atoms with Gasteiger partial charge >= 0.3 is 5.97 Å². The molecule has 194 valence electrons. The van der Waals surface area contributed by atoms with Crippen molar-refractivity contribution in [3.8, 4) is 5.75 Å². The summed E-state index contributed by atoms with van der Waals surface area (Å²) in [5.74, 6) is -0.875. The van der Waals surface area contributed by atoms with Gasteiger partial charge in [-0.1, -0.05) is 12.1 Å². The molecule has 35 heavy (non-hydrogen) atoms. The lowest BCUT2D eigenvalue weighted by molar-refractivity contribution is -0.147. The van der Waals surface area contributed by atoms with Gasteiger partial charge in [0.1, 0.15) is 17.8 Å². The van der Waals surface area contributed by atoms with E-state index in [0.29, 0.717) is 18.6 Å². The molecular weight excluding hydrogens is 476 g/mol. The fourth-order valence-corrected chi connectivity index (χ4v) is 5.54. The number of nitrogens with zero attached hydrogens (tertiary/aromatic N) is 2. The number of rotatable bonds is 8. The molecule has 0 saturated carbocycles. The second kappa shape index (κ2) is 11.8. The molecule has 0 spiro atoms. The fraction of sp³-hybridized carbons (Fsp3) is 0.609. The van der Waals surface area contributed by atoms with E-state index in [0.717, 1.165) is 29.2 Å². The molecule has 0 bridgehead atoms. The summed E-state index contributed by atoms with van der Waals surface area (Å²) in [4.78, 5) is 40.4. The molecule has 2 atom stereocenters.